The molecular formula is C18H28N4OS. The van der Waals surface area contributed by atoms with Gasteiger partial charge in [0.05, 0.1) is 18.0 Å². The molecule has 1 aliphatic heterocycles. The molecule has 0 amide bonds. The van der Waals surface area contributed by atoms with Crippen LogP contribution in [0, 0.1) is 13.8 Å². The lowest BCUT2D eigenvalue weighted by Gasteiger charge is -2.32. The summed E-state index contributed by atoms with van der Waals surface area (Å²) in [5.74, 6) is 0. The SMILES string of the molecule is Cc1nn(C)c(C)c1CN1CCOC(c2nc(C(C)(C)C)cs2)C1. The standard InChI is InChI=1S/C18H28N4OS/c1-12-14(13(2)21(6)20-12)9-22-7-8-23-15(10-22)17-19-16(11-24-17)18(3,4)5/h11,15H,7-10H2,1-6H3. The van der Waals surface area contributed by atoms with Gasteiger partial charge in [0.15, 0.2) is 0 Å². The van der Waals surface area contributed by atoms with E-state index in [2.05, 4.69) is 50.0 Å². The van der Waals surface area contributed by atoms with Crippen LogP contribution in [0.2, 0.25) is 0 Å². The number of nitrogens with zero attached hydrogens (tertiary/aromatic N) is 4. The second-order valence-corrected chi connectivity index (χ2v) is 8.58. The average Bonchev–Trinajstić information content (AvgIpc) is 3.09. The van der Waals surface area contributed by atoms with Crippen molar-refractivity contribution in [1.82, 2.24) is 19.7 Å². The lowest BCUT2D eigenvalue weighted by Crippen LogP contribution is -2.38. The maximum atomic E-state index is 6.01. The topological polar surface area (TPSA) is 43.2 Å². The Hall–Kier alpha value is -1.24. The van der Waals surface area contributed by atoms with Gasteiger partial charge in [0.1, 0.15) is 11.1 Å². The van der Waals surface area contributed by atoms with Crippen LogP contribution >= 0.6 is 11.3 Å². The van der Waals surface area contributed by atoms with Gasteiger partial charge >= 0.3 is 0 Å². The Morgan fingerprint density at radius 2 is 2.08 bits per heavy atom. The lowest BCUT2D eigenvalue weighted by molar-refractivity contribution is -0.0332. The Labute approximate surface area is 148 Å². The number of hydrogen-bond acceptors (Lipinski definition) is 5. The van der Waals surface area contributed by atoms with Crippen molar-refractivity contribution in [2.45, 2.75) is 52.7 Å². The summed E-state index contributed by atoms with van der Waals surface area (Å²) in [5, 5.41) is 7.81. The Morgan fingerprint density at radius 1 is 1.33 bits per heavy atom. The third-order valence-electron chi connectivity index (χ3n) is 4.76. The van der Waals surface area contributed by atoms with Crippen LogP contribution < -0.4 is 0 Å². The third-order valence-corrected chi connectivity index (χ3v) is 5.69. The van der Waals surface area contributed by atoms with Gasteiger partial charge < -0.3 is 4.74 Å². The summed E-state index contributed by atoms with van der Waals surface area (Å²) in [6, 6.07) is 0. The molecule has 0 radical (unpaired) electrons. The first-order chi connectivity index (χ1) is 11.3. The molecule has 3 rings (SSSR count). The maximum Gasteiger partial charge on any atom is 0.123 e. The predicted octanol–water partition coefficient (Wildman–Crippen LogP) is 3.36. The van der Waals surface area contributed by atoms with Gasteiger partial charge in [-0.2, -0.15) is 5.10 Å². The van der Waals surface area contributed by atoms with Crippen LogP contribution in [-0.4, -0.2) is 39.4 Å². The van der Waals surface area contributed by atoms with Crippen molar-refractivity contribution in [3.8, 4) is 0 Å². The Bertz CT molecular complexity index is 713. The summed E-state index contributed by atoms with van der Waals surface area (Å²) in [6.45, 7) is 14.4. The molecule has 3 heterocycles. The highest BCUT2D eigenvalue weighted by Gasteiger charge is 2.27. The van der Waals surface area contributed by atoms with E-state index in [9.17, 15) is 0 Å². The fourth-order valence-electron chi connectivity index (χ4n) is 3.05. The van der Waals surface area contributed by atoms with Crippen LogP contribution in [-0.2, 0) is 23.7 Å². The minimum atomic E-state index is 0.0807. The highest BCUT2D eigenvalue weighted by atomic mass is 32.1. The Morgan fingerprint density at radius 3 is 2.67 bits per heavy atom. The summed E-state index contributed by atoms with van der Waals surface area (Å²) in [7, 11) is 2.01. The predicted molar refractivity (Wildman–Crippen MR) is 97.5 cm³/mol. The number of hydrogen-bond donors (Lipinski definition) is 0. The Kier molecular flexibility index (Phi) is 4.82. The van der Waals surface area contributed by atoms with Crippen LogP contribution in [0.4, 0.5) is 0 Å². The highest BCUT2D eigenvalue weighted by molar-refractivity contribution is 7.09. The first-order valence-electron chi connectivity index (χ1n) is 8.54. The van der Waals surface area contributed by atoms with Crippen molar-refractivity contribution in [3.63, 3.8) is 0 Å². The molecule has 24 heavy (non-hydrogen) atoms. The number of aryl methyl sites for hydroxylation is 2. The maximum absolute atomic E-state index is 6.01. The molecule has 0 saturated carbocycles. The van der Waals surface area contributed by atoms with Crippen molar-refractivity contribution in [3.05, 3.63) is 33.0 Å². The molecule has 0 N–H and O–H groups in total. The van der Waals surface area contributed by atoms with Gasteiger partial charge in [-0.25, -0.2) is 4.98 Å². The molecule has 0 aromatic carbocycles. The van der Waals surface area contributed by atoms with Crippen molar-refractivity contribution < 1.29 is 4.74 Å². The first-order valence-corrected chi connectivity index (χ1v) is 9.42. The monoisotopic (exact) mass is 348 g/mol. The number of thiazole rings is 1. The lowest BCUT2D eigenvalue weighted by atomic mass is 9.93. The molecule has 5 nitrogen and oxygen atoms in total. The minimum absolute atomic E-state index is 0.0807. The Balaban J connectivity index is 1.71. The number of rotatable bonds is 3. The van der Waals surface area contributed by atoms with Crippen LogP contribution in [0.3, 0.4) is 0 Å². The van der Waals surface area contributed by atoms with Gasteiger partial charge in [0.2, 0.25) is 0 Å². The van der Waals surface area contributed by atoms with Crippen LogP contribution in [0.1, 0.15) is 54.5 Å². The molecule has 2 aromatic heterocycles. The molecule has 1 aliphatic rings. The van der Waals surface area contributed by atoms with E-state index in [1.807, 2.05) is 11.7 Å². The first kappa shape index (κ1) is 17.6. The summed E-state index contributed by atoms with van der Waals surface area (Å²) in [6.07, 6.45) is 0.0807. The van der Waals surface area contributed by atoms with Gasteiger partial charge in [-0.1, -0.05) is 20.8 Å². The van der Waals surface area contributed by atoms with E-state index in [-0.39, 0.29) is 11.5 Å². The van der Waals surface area contributed by atoms with Crippen LogP contribution in [0.25, 0.3) is 0 Å². The molecule has 1 atom stereocenters. The quantitative estimate of drug-likeness (QED) is 0.853. The molecule has 132 valence electrons. The largest absolute Gasteiger partial charge is 0.368 e. The van der Waals surface area contributed by atoms with E-state index in [0.717, 1.165) is 42.6 Å². The molecule has 1 fully saturated rings. The van der Waals surface area contributed by atoms with E-state index in [1.54, 1.807) is 11.3 Å². The summed E-state index contributed by atoms with van der Waals surface area (Å²) in [4.78, 5) is 7.30. The molecule has 0 spiro atoms. The zero-order valence-corrected chi connectivity index (χ0v) is 16.4. The zero-order chi connectivity index (χ0) is 17.5. The second-order valence-electron chi connectivity index (χ2n) is 7.69. The number of aromatic nitrogens is 3. The minimum Gasteiger partial charge on any atom is -0.368 e. The van der Waals surface area contributed by atoms with Gasteiger partial charge in [-0.05, 0) is 13.8 Å². The molecular weight excluding hydrogens is 320 g/mol. The summed E-state index contributed by atoms with van der Waals surface area (Å²) >= 11 is 1.72. The zero-order valence-electron chi connectivity index (χ0n) is 15.6. The van der Waals surface area contributed by atoms with Gasteiger partial charge in [0.25, 0.3) is 0 Å². The van der Waals surface area contributed by atoms with E-state index in [4.69, 9.17) is 9.72 Å². The van der Waals surface area contributed by atoms with Gasteiger partial charge in [0, 0.05) is 48.7 Å². The third kappa shape index (κ3) is 3.55. The van der Waals surface area contributed by atoms with Crippen molar-refractivity contribution in [2.75, 3.05) is 19.7 Å². The fourth-order valence-corrected chi connectivity index (χ4v) is 4.13. The molecule has 2 aromatic rings. The van der Waals surface area contributed by atoms with Gasteiger partial charge in [-0.3, -0.25) is 9.58 Å². The van der Waals surface area contributed by atoms with E-state index >= 15 is 0 Å². The van der Waals surface area contributed by atoms with Gasteiger partial charge in [-0.15, -0.1) is 11.3 Å². The molecule has 0 bridgehead atoms. The second kappa shape index (κ2) is 6.58. The van der Waals surface area contributed by atoms with Crippen molar-refractivity contribution in [2.24, 2.45) is 7.05 Å². The molecule has 1 saturated heterocycles. The highest BCUT2D eigenvalue weighted by Crippen LogP contribution is 2.30. The molecule has 6 heteroatoms. The fraction of sp³-hybridized carbons (Fsp3) is 0.667. The summed E-state index contributed by atoms with van der Waals surface area (Å²) < 4.78 is 7.98. The van der Waals surface area contributed by atoms with Crippen molar-refractivity contribution >= 4 is 11.3 Å². The molecule has 0 aliphatic carbocycles. The van der Waals surface area contributed by atoms with E-state index in [1.165, 1.54) is 11.3 Å². The smallest absolute Gasteiger partial charge is 0.123 e. The van der Waals surface area contributed by atoms with Crippen LogP contribution in [0.15, 0.2) is 5.38 Å². The molecule has 1 unspecified atom stereocenters. The van der Waals surface area contributed by atoms with Crippen molar-refractivity contribution in [1.29, 1.82) is 0 Å². The van der Waals surface area contributed by atoms with E-state index in [0.29, 0.717) is 0 Å². The number of ether oxygens (including phenoxy) is 1. The number of morpholine rings is 1. The van der Waals surface area contributed by atoms with Crippen LogP contribution in [0.5, 0.6) is 0 Å². The normalized spacial score (nSPS) is 19.8. The summed E-state index contributed by atoms with van der Waals surface area (Å²) in [5.41, 5.74) is 4.96. The van der Waals surface area contributed by atoms with E-state index < -0.39 is 0 Å². The average molecular weight is 349 g/mol.